The zero-order chi connectivity index (χ0) is 26.0. The van der Waals surface area contributed by atoms with Crippen LogP contribution in [0.5, 0.6) is 17.2 Å². The zero-order valence-electron chi connectivity index (χ0n) is 21.5. The van der Waals surface area contributed by atoms with Crippen molar-refractivity contribution in [3.63, 3.8) is 0 Å². The number of ketones is 1. The number of Topliss-reactive ketones (excluding diaryl/α,β-unsaturated/α-hetero) is 1. The number of methoxy groups -OCH3 is 1. The smallest absolute Gasteiger partial charge is 0.295 e. The largest absolute Gasteiger partial charge is 0.507 e. The van der Waals surface area contributed by atoms with Gasteiger partial charge in [-0.25, -0.2) is 0 Å². The predicted octanol–water partition coefficient (Wildman–Crippen LogP) is 3.79. The molecule has 36 heavy (non-hydrogen) atoms. The lowest BCUT2D eigenvalue weighted by atomic mass is 9.93. The van der Waals surface area contributed by atoms with Crippen molar-refractivity contribution in [2.75, 3.05) is 40.9 Å². The highest BCUT2D eigenvalue weighted by Crippen LogP contribution is 2.42. The molecule has 1 atom stereocenters. The molecule has 8 nitrogen and oxygen atoms in total. The minimum Gasteiger partial charge on any atom is -0.507 e. The quantitative estimate of drug-likeness (QED) is 0.339. The second-order valence-electron chi connectivity index (χ2n) is 9.65. The minimum atomic E-state index is -0.765. The van der Waals surface area contributed by atoms with Crippen LogP contribution in [-0.4, -0.2) is 73.6 Å². The number of amides is 1. The van der Waals surface area contributed by atoms with Crippen molar-refractivity contribution < 1.29 is 28.9 Å². The van der Waals surface area contributed by atoms with Crippen molar-refractivity contribution in [1.82, 2.24) is 9.80 Å². The van der Waals surface area contributed by atoms with Crippen molar-refractivity contribution in [2.24, 2.45) is 0 Å². The van der Waals surface area contributed by atoms with Crippen LogP contribution >= 0.6 is 0 Å². The second-order valence-corrected chi connectivity index (χ2v) is 9.65. The lowest BCUT2D eigenvalue weighted by Gasteiger charge is -2.27. The van der Waals surface area contributed by atoms with Crippen molar-refractivity contribution in [1.29, 1.82) is 0 Å². The molecular formula is C28H34N2O6. The molecule has 0 aliphatic carbocycles. The summed E-state index contributed by atoms with van der Waals surface area (Å²) in [6, 6.07) is 9.97. The maximum atomic E-state index is 13.3. The van der Waals surface area contributed by atoms with Crippen molar-refractivity contribution in [3.8, 4) is 17.2 Å². The van der Waals surface area contributed by atoms with Gasteiger partial charge in [0, 0.05) is 18.7 Å². The minimum absolute atomic E-state index is 0.0523. The van der Waals surface area contributed by atoms with E-state index < -0.39 is 17.7 Å². The number of carbonyl (C=O) groups excluding carboxylic acids is 2. The summed E-state index contributed by atoms with van der Waals surface area (Å²) in [5.41, 5.74) is 2.18. The summed E-state index contributed by atoms with van der Waals surface area (Å²) in [7, 11) is 5.36. The summed E-state index contributed by atoms with van der Waals surface area (Å²) < 4.78 is 17.1. The molecule has 2 heterocycles. The van der Waals surface area contributed by atoms with Crippen LogP contribution in [0.1, 0.15) is 43.0 Å². The van der Waals surface area contributed by atoms with E-state index in [0.29, 0.717) is 42.3 Å². The number of aliphatic hydroxyl groups is 1. The van der Waals surface area contributed by atoms with Crippen molar-refractivity contribution >= 4 is 17.4 Å². The molecule has 0 saturated carbocycles. The molecule has 192 valence electrons. The zero-order valence-corrected chi connectivity index (χ0v) is 21.5. The van der Waals surface area contributed by atoms with Gasteiger partial charge in [0.2, 0.25) is 0 Å². The van der Waals surface area contributed by atoms with Crippen LogP contribution < -0.4 is 14.2 Å². The molecule has 0 radical (unpaired) electrons. The Morgan fingerprint density at radius 2 is 1.94 bits per heavy atom. The number of aliphatic hydroxyl groups excluding tert-OH is 1. The fourth-order valence-corrected chi connectivity index (χ4v) is 4.63. The van der Waals surface area contributed by atoms with Gasteiger partial charge in [-0.1, -0.05) is 6.07 Å². The lowest BCUT2D eigenvalue weighted by molar-refractivity contribution is -0.140. The highest BCUT2D eigenvalue weighted by atomic mass is 16.5. The van der Waals surface area contributed by atoms with Gasteiger partial charge in [0.25, 0.3) is 11.7 Å². The van der Waals surface area contributed by atoms with Crippen LogP contribution in [-0.2, 0) is 16.0 Å². The molecule has 0 aromatic heterocycles. The van der Waals surface area contributed by atoms with E-state index in [2.05, 4.69) is 0 Å². The number of hydrogen-bond acceptors (Lipinski definition) is 7. The van der Waals surface area contributed by atoms with Gasteiger partial charge in [-0.3, -0.25) is 9.59 Å². The van der Waals surface area contributed by atoms with Gasteiger partial charge in [-0.15, -0.1) is 0 Å². The molecule has 1 amide bonds. The fourth-order valence-electron chi connectivity index (χ4n) is 4.63. The van der Waals surface area contributed by atoms with Crippen molar-refractivity contribution in [3.05, 3.63) is 58.7 Å². The molecule has 8 heteroatoms. The van der Waals surface area contributed by atoms with E-state index in [1.807, 2.05) is 51.0 Å². The van der Waals surface area contributed by atoms with Crippen LogP contribution in [0.2, 0.25) is 0 Å². The molecule has 1 saturated heterocycles. The van der Waals surface area contributed by atoms with Crippen LogP contribution in [0.4, 0.5) is 0 Å². The molecular weight excluding hydrogens is 460 g/mol. The standard InChI is InChI=1S/C28H34N2O6/c1-17(2)36-22-11-8-19(16-23(22)34-5)25-24(27(32)28(33)30(25)13-12-29(3)4)26(31)20-9-10-21-18(15-20)7-6-14-35-21/h8-11,15-17,25,31H,6-7,12-14H2,1-5H3/b26-24+. The summed E-state index contributed by atoms with van der Waals surface area (Å²) in [5, 5.41) is 11.4. The number of nitrogens with zero attached hydrogens (tertiary/aromatic N) is 2. The molecule has 2 aromatic carbocycles. The van der Waals surface area contributed by atoms with Crippen LogP contribution in [0.15, 0.2) is 42.0 Å². The van der Waals surface area contributed by atoms with Crippen LogP contribution in [0.3, 0.4) is 0 Å². The Hall–Kier alpha value is -3.52. The highest BCUT2D eigenvalue weighted by Gasteiger charge is 2.46. The number of aryl methyl sites for hydroxylation is 1. The van der Waals surface area contributed by atoms with E-state index in [9.17, 15) is 14.7 Å². The summed E-state index contributed by atoms with van der Waals surface area (Å²) in [6.07, 6.45) is 1.66. The number of likely N-dealkylation sites (N-methyl/N-ethyl adjacent to an activating group) is 1. The Morgan fingerprint density at radius 1 is 1.17 bits per heavy atom. The summed E-state index contributed by atoms with van der Waals surface area (Å²) in [5.74, 6) is 0.311. The second kappa shape index (κ2) is 10.6. The Balaban J connectivity index is 1.83. The maximum Gasteiger partial charge on any atom is 0.295 e. The van der Waals surface area contributed by atoms with Crippen LogP contribution in [0, 0.1) is 0 Å². The third-order valence-electron chi connectivity index (χ3n) is 6.38. The molecule has 2 aliphatic heterocycles. The van der Waals surface area contributed by atoms with E-state index >= 15 is 0 Å². The molecule has 1 unspecified atom stereocenters. The SMILES string of the molecule is COc1cc(C2/C(=C(\O)c3ccc4c(c3)CCCO4)C(=O)C(=O)N2CCN(C)C)ccc1OC(C)C. The third kappa shape index (κ3) is 5.04. The number of carbonyl (C=O) groups is 2. The van der Waals surface area contributed by atoms with Gasteiger partial charge in [0.05, 0.1) is 31.4 Å². The van der Waals surface area contributed by atoms with Gasteiger partial charge in [-0.05, 0) is 82.2 Å². The molecule has 2 aromatic rings. The van der Waals surface area contributed by atoms with Gasteiger partial charge in [0.15, 0.2) is 11.5 Å². The van der Waals surface area contributed by atoms with E-state index in [1.54, 1.807) is 25.3 Å². The molecule has 4 rings (SSSR count). The van der Waals surface area contributed by atoms with Gasteiger partial charge in [0.1, 0.15) is 11.5 Å². The Kier molecular flexibility index (Phi) is 7.54. The number of benzene rings is 2. The molecule has 1 N–H and O–H groups in total. The highest BCUT2D eigenvalue weighted by molar-refractivity contribution is 6.46. The van der Waals surface area contributed by atoms with Crippen molar-refractivity contribution in [2.45, 2.75) is 38.8 Å². The number of fused-ring (bicyclic) bond motifs is 1. The summed E-state index contributed by atoms with van der Waals surface area (Å²) >= 11 is 0. The Bertz CT molecular complexity index is 1190. The monoisotopic (exact) mass is 494 g/mol. The van der Waals surface area contributed by atoms with E-state index in [4.69, 9.17) is 14.2 Å². The average molecular weight is 495 g/mol. The fraction of sp³-hybridized carbons (Fsp3) is 0.429. The Morgan fingerprint density at radius 3 is 2.64 bits per heavy atom. The topological polar surface area (TPSA) is 88.5 Å². The number of rotatable bonds is 8. The summed E-state index contributed by atoms with van der Waals surface area (Å²) in [6.45, 7) is 5.39. The molecule has 0 spiro atoms. The predicted molar refractivity (Wildman–Crippen MR) is 137 cm³/mol. The normalized spacial score (nSPS) is 19.0. The Labute approximate surface area is 212 Å². The first-order valence-corrected chi connectivity index (χ1v) is 12.2. The van der Waals surface area contributed by atoms with E-state index in [1.165, 1.54) is 4.90 Å². The lowest BCUT2D eigenvalue weighted by Crippen LogP contribution is -2.35. The summed E-state index contributed by atoms with van der Waals surface area (Å²) in [4.78, 5) is 30.0. The first-order valence-electron chi connectivity index (χ1n) is 12.2. The molecule has 0 bridgehead atoms. The van der Waals surface area contributed by atoms with E-state index in [-0.39, 0.29) is 17.4 Å². The first kappa shape index (κ1) is 25.6. The molecule has 1 fully saturated rings. The van der Waals surface area contributed by atoms with Gasteiger partial charge >= 0.3 is 0 Å². The van der Waals surface area contributed by atoms with E-state index in [0.717, 1.165) is 24.2 Å². The average Bonchev–Trinajstić information content (AvgIpc) is 3.11. The number of likely N-dealkylation sites (tertiary alicyclic amines) is 1. The third-order valence-corrected chi connectivity index (χ3v) is 6.38. The molecule has 2 aliphatic rings. The van der Waals surface area contributed by atoms with Gasteiger partial charge in [-0.2, -0.15) is 0 Å². The van der Waals surface area contributed by atoms with Crippen LogP contribution in [0.25, 0.3) is 5.76 Å². The number of ether oxygens (including phenoxy) is 3. The first-order chi connectivity index (χ1) is 17.2. The number of hydrogen-bond donors (Lipinski definition) is 1. The maximum absolute atomic E-state index is 13.3. The van der Waals surface area contributed by atoms with Gasteiger partial charge < -0.3 is 29.1 Å².